The lowest BCUT2D eigenvalue weighted by Crippen LogP contribution is -2.27. The Balaban J connectivity index is 1.58. The molecule has 1 aliphatic rings. The van der Waals surface area contributed by atoms with E-state index >= 15 is 0 Å². The first-order valence-corrected chi connectivity index (χ1v) is 11.3. The van der Waals surface area contributed by atoms with Gasteiger partial charge in [0.1, 0.15) is 0 Å². The van der Waals surface area contributed by atoms with Crippen LogP contribution in [0, 0.1) is 13.8 Å². The highest BCUT2D eigenvalue weighted by Gasteiger charge is 2.40. The molecule has 0 radical (unpaired) electrons. The first-order chi connectivity index (χ1) is 11.9. The summed E-state index contributed by atoms with van der Waals surface area (Å²) in [5.41, 5.74) is 2.62. The molecule has 4 atom stereocenters. The number of hydrogen-bond acceptors (Lipinski definition) is 2. The van der Waals surface area contributed by atoms with Crippen molar-refractivity contribution in [3.8, 4) is 0 Å². The smallest absolute Gasteiger partial charge is 0.163 e. The maximum absolute atomic E-state index is 6.20. The first kappa shape index (κ1) is 19.0. The zero-order chi connectivity index (χ0) is 17.9. The molecule has 0 aromatic heterocycles. The van der Waals surface area contributed by atoms with Crippen molar-refractivity contribution in [2.75, 3.05) is 12.3 Å². The monoisotopic (exact) mass is 374 g/mol. The summed E-state index contributed by atoms with van der Waals surface area (Å²) in [5, 5.41) is 2.80. The number of ether oxygens (including phenoxy) is 2. The minimum absolute atomic E-state index is 0.188. The van der Waals surface area contributed by atoms with Crippen molar-refractivity contribution in [1.82, 2.24) is 0 Å². The van der Waals surface area contributed by atoms with Crippen LogP contribution in [0.25, 0.3) is 0 Å². The van der Waals surface area contributed by atoms with Crippen molar-refractivity contribution in [3.05, 3.63) is 59.7 Å². The van der Waals surface area contributed by atoms with Gasteiger partial charge in [0.25, 0.3) is 0 Å². The van der Waals surface area contributed by atoms with Crippen molar-refractivity contribution in [2.24, 2.45) is 0 Å². The average molecular weight is 374 g/mol. The predicted octanol–water partition coefficient (Wildman–Crippen LogP) is 4.13. The fraction of sp³-hybridized carbons (Fsp3) is 0.429. The van der Waals surface area contributed by atoms with E-state index in [1.54, 1.807) is 0 Å². The molecule has 0 saturated carbocycles. The van der Waals surface area contributed by atoms with Crippen LogP contribution < -0.4 is 10.6 Å². The summed E-state index contributed by atoms with van der Waals surface area (Å²) >= 11 is 0. The lowest BCUT2D eigenvalue weighted by Gasteiger charge is -2.17. The maximum Gasteiger partial charge on any atom is 0.163 e. The minimum Gasteiger partial charge on any atom is -0.344 e. The highest BCUT2D eigenvalue weighted by atomic mass is 31.1. The van der Waals surface area contributed by atoms with E-state index in [2.05, 4.69) is 62.4 Å². The van der Waals surface area contributed by atoms with E-state index in [0.717, 1.165) is 29.5 Å². The largest absolute Gasteiger partial charge is 0.344 e. The predicted molar refractivity (Wildman–Crippen MR) is 112 cm³/mol. The Morgan fingerprint density at radius 3 is 1.44 bits per heavy atom. The van der Waals surface area contributed by atoms with Gasteiger partial charge < -0.3 is 9.47 Å². The van der Waals surface area contributed by atoms with Crippen LogP contribution in [0.1, 0.15) is 25.0 Å². The standard InChI is InChI=1S/C21H28O2P2/c1-15-5-9-17(10-6-15)24-13-19-20(23-21(3,4)22-19)14-25-18-11-7-16(2)8-12-18/h5-12,19-20,24-25H,13-14H2,1-4H3. The molecule has 2 nitrogen and oxygen atoms in total. The van der Waals surface area contributed by atoms with Gasteiger partial charge in [-0.25, -0.2) is 0 Å². The molecule has 3 rings (SSSR count). The van der Waals surface area contributed by atoms with Gasteiger partial charge in [0, 0.05) is 0 Å². The Labute approximate surface area is 155 Å². The quantitative estimate of drug-likeness (QED) is 0.708. The Kier molecular flexibility index (Phi) is 6.29. The Morgan fingerprint density at radius 1 is 0.720 bits per heavy atom. The molecule has 2 aromatic carbocycles. The van der Waals surface area contributed by atoms with Crippen LogP contribution in [0.15, 0.2) is 48.5 Å². The number of benzene rings is 2. The van der Waals surface area contributed by atoms with Gasteiger partial charge in [-0.3, -0.25) is 0 Å². The Hall–Kier alpha value is -0.780. The van der Waals surface area contributed by atoms with Gasteiger partial charge in [-0.05, 0) is 50.6 Å². The van der Waals surface area contributed by atoms with Gasteiger partial charge in [0.15, 0.2) is 5.79 Å². The van der Waals surface area contributed by atoms with Crippen molar-refractivity contribution in [1.29, 1.82) is 0 Å². The molecule has 1 heterocycles. The summed E-state index contributed by atoms with van der Waals surface area (Å²) in [6.07, 6.45) is 2.45. The van der Waals surface area contributed by atoms with Crippen LogP contribution in [0.2, 0.25) is 0 Å². The van der Waals surface area contributed by atoms with Gasteiger partial charge in [-0.15, -0.1) is 0 Å². The van der Waals surface area contributed by atoms with E-state index in [0.29, 0.717) is 0 Å². The second-order valence-corrected chi connectivity index (χ2v) is 9.88. The summed E-state index contributed by atoms with van der Waals surface area (Å²) in [7, 11) is 1.53. The first-order valence-electron chi connectivity index (χ1n) is 8.88. The zero-order valence-corrected chi connectivity index (χ0v) is 17.5. The molecule has 0 N–H and O–H groups in total. The van der Waals surface area contributed by atoms with Crippen molar-refractivity contribution < 1.29 is 9.47 Å². The second-order valence-electron chi connectivity index (χ2n) is 7.21. The van der Waals surface area contributed by atoms with E-state index in [1.165, 1.54) is 21.7 Å². The van der Waals surface area contributed by atoms with Gasteiger partial charge in [-0.1, -0.05) is 76.8 Å². The number of rotatable bonds is 6. The Morgan fingerprint density at radius 2 is 1.08 bits per heavy atom. The summed E-state index contributed by atoms with van der Waals surface area (Å²) in [4.78, 5) is 0. The zero-order valence-electron chi connectivity index (χ0n) is 15.5. The SMILES string of the molecule is Cc1ccc(PCC2OC(C)(C)OC2CPc2ccc(C)cc2)cc1. The lowest BCUT2D eigenvalue weighted by atomic mass is 10.2. The van der Waals surface area contributed by atoms with E-state index in [4.69, 9.17) is 9.47 Å². The molecule has 4 heteroatoms. The van der Waals surface area contributed by atoms with Crippen molar-refractivity contribution in [3.63, 3.8) is 0 Å². The average Bonchev–Trinajstić information content (AvgIpc) is 2.88. The van der Waals surface area contributed by atoms with Crippen LogP contribution in [-0.2, 0) is 9.47 Å². The highest BCUT2D eigenvalue weighted by molar-refractivity contribution is 7.47. The fourth-order valence-electron chi connectivity index (χ4n) is 3.03. The molecule has 1 aliphatic heterocycles. The molecule has 25 heavy (non-hydrogen) atoms. The van der Waals surface area contributed by atoms with Gasteiger partial charge in [0.05, 0.1) is 12.2 Å². The topological polar surface area (TPSA) is 18.5 Å². The molecule has 0 aliphatic carbocycles. The molecule has 134 valence electrons. The van der Waals surface area contributed by atoms with E-state index in [-0.39, 0.29) is 12.2 Å². The number of hydrogen-bond donors (Lipinski definition) is 0. The molecule has 0 amide bonds. The normalized spacial score (nSPS) is 23.2. The molecule has 4 unspecified atom stereocenters. The summed E-state index contributed by atoms with van der Waals surface area (Å²) in [6.45, 7) is 8.32. The third-order valence-corrected chi connectivity index (χ3v) is 7.10. The number of aryl methyl sites for hydroxylation is 2. The van der Waals surface area contributed by atoms with Crippen molar-refractivity contribution in [2.45, 2.75) is 45.7 Å². The molecule has 1 saturated heterocycles. The van der Waals surface area contributed by atoms with Gasteiger partial charge in [-0.2, -0.15) is 0 Å². The van der Waals surface area contributed by atoms with E-state index < -0.39 is 5.79 Å². The molecule has 2 aromatic rings. The van der Waals surface area contributed by atoms with Crippen LogP contribution in [-0.4, -0.2) is 30.3 Å². The molecular weight excluding hydrogens is 346 g/mol. The highest BCUT2D eigenvalue weighted by Crippen LogP contribution is 2.34. The molecule has 1 fully saturated rings. The molecular formula is C21H28O2P2. The van der Waals surface area contributed by atoms with Crippen LogP contribution >= 0.6 is 17.2 Å². The van der Waals surface area contributed by atoms with Gasteiger partial charge in [0.2, 0.25) is 0 Å². The van der Waals surface area contributed by atoms with Crippen LogP contribution in [0.5, 0.6) is 0 Å². The lowest BCUT2D eigenvalue weighted by molar-refractivity contribution is -0.142. The van der Waals surface area contributed by atoms with Crippen LogP contribution in [0.3, 0.4) is 0 Å². The molecule has 0 spiro atoms. The van der Waals surface area contributed by atoms with E-state index in [1.807, 2.05) is 13.8 Å². The second kappa shape index (κ2) is 8.28. The van der Waals surface area contributed by atoms with Gasteiger partial charge >= 0.3 is 0 Å². The molecule has 0 bridgehead atoms. The van der Waals surface area contributed by atoms with Crippen molar-refractivity contribution >= 4 is 27.8 Å². The summed E-state index contributed by atoms with van der Waals surface area (Å²) in [5.74, 6) is -0.467. The van der Waals surface area contributed by atoms with Crippen LogP contribution in [0.4, 0.5) is 0 Å². The minimum atomic E-state index is -0.467. The third kappa shape index (κ3) is 5.60. The summed E-state index contributed by atoms with van der Waals surface area (Å²) < 4.78 is 12.4. The third-order valence-electron chi connectivity index (χ3n) is 4.40. The fourth-order valence-corrected chi connectivity index (χ4v) is 5.41. The van der Waals surface area contributed by atoms with E-state index in [9.17, 15) is 0 Å². The maximum atomic E-state index is 6.20. The summed E-state index contributed by atoms with van der Waals surface area (Å²) in [6, 6.07) is 17.7. The Bertz CT molecular complexity index is 621.